The molecule has 1 unspecified atom stereocenters. The molecule has 2 aromatic heterocycles. The van der Waals surface area contributed by atoms with E-state index >= 15 is 0 Å². The van der Waals surface area contributed by atoms with Crippen molar-refractivity contribution in [3.05, 3.63) is 28.0 Å². The molecular formula is C16H17N9O7S2. The van der Waals surface area contributed by atoms with Crippen LogP contribution in [0.25, 0.3) is 0 Å². The number of carboxylic acid groups (broad SMARTS) is 1. The van der Waals surface area contributed by atoms with E-state index in [1.54, 1.807) is 0 Å². The molecule has 2 atom stereocenters. The zero-order chi connectivity index (χ0) is 24.6. The summed E-state index contributed by atoms with van der Waals surface area (Å²) in [6.07, 6.45) is 1.23. The number of hydrogen-bond donors (Lipinski definition) is 3. The molecule has 2 aromatic rings. The van der Waals surface area contributed by atoms with Gasteiger partial charge in [-0.1, -0.05) is 11.8 Å². The van der Waals surface area contributed by atoms with Crippen LogP contribution in [-0.2, 0) is 32.7 Å². The molecule has 18 heteroatoms. The molecule has 0 bridgehead atoms. The van der Waals surface area contributed by atoms with E-state index in [4.69, 9.17) is 4.74 Å². The van der Waals surface area contributed by atoms with Crippen molar-refractivity contribution in [2.75, 3.05) is 18.6 Å². The molecule has 16 nitrogen and oxygen atoms in total. The number of fused-ring (bicyclic) bond motifs is 1. The Hall–Kier alpha value is -3.51. The molecule has 0 radical (unpaired) electrons. The first-order chi connectivity index (χ1) is 16.2. The highest BCUT2D eigenvalue weighted by Crippen LogP contribution is 2.47. The Balaban J connectivity index is 1.54. The molecule has 1 fully saturated rings. The molecule has 0 aromatic carbocycles. The number of nitrogens with zero attached hydrogens (tertiary/aromatic N) is 8. The minimum Gasteiger partial charge on any atom is -0.488 e. The van der Waals surface area contributed by atoms with Crippen molar-refractivity contribution < 1.29 is 29.3 Å². The number of ether oxygens (including phenoxy) is 1. The van der Waals surface area contributed by atoms with E-state index in [-0.39, 0.29) is 28.9 Å². The summed E-state index contributed by atoms with van der Waals surface area (Å²) in [5, 5.41) is 38.6. The maximum absolute atomic E-state index is 13.1. The van der Waals surface area contributed by atoms with Gasteiger partial charge >= 0.3 is 11.5 Å². The molecule has 180 valence electrons. The second-order valence-corrected chi connectivity index (χ2v) is 9.06. The molecule has 34 heavy (non-hydrogen) atoms. The number of thioether (sulfide) groups is 2. The zero-order valence-corrected chi connectivity index (χ0v) is 19.2. The highest BCUT2D eigenvalue weighted by Gasteiger charge is 2.66. The number of amides is 2. The maximum Gasteiger partial charge on any atom is 0.352 e. The molecule has 2 amide bonds. The molecule has 4 rings (SSSR count). The Morgan fingerprint density at radius 2 is 2.15 bits per heavy atom. The number of carbonyl (C=O) groups is 3. The fraction of sp³-hybridized carbons (Fsp3) is 0.438. The van der Waals surface area contributed by atoms with Gasteiger partial charge in [0.1, 0.15) is 23.9 Å². The number of aliphatic carboxylic acids is 1. The number of tetrazole rings is 1. The SMILES string of the molecule is COC1(NC(=O)Cn2cnnn2)C(=O)N2C(C(=O)O)=C(CSc3nnc(O)c(=O)n3C)CS[C@@H]21. The van der Waals surface area contributed by atoms with Crippen LogP contribution >= 0.6 is 23.5 Å². The van der Waals surface area contributed by atoms with E-state index in [1.165, 1.54) is 32.2 Å². The lowest BCUT2D eigenvalue weighted by Crippen LogP contribution is -2.80. The number of carboxylic acids is 1. The van der Waals surface area contributed by atoms with Gasteiger partial charge in [0.2, 0.25) is 5.91 Å². The summed E-state index contributed by atoms with van der Waals surface area (Å²) in [6.45, 7) is -0.265. The van der Waals surface area contributed by atoms with Crippen LogP contribution in [0.3, 0.4) is 0 Å². The van der Waals surface area contributed by atoms with E-state index in [0.29, 0.717) is 5.57 Å². The van der Waals surface area contributed by atoms with Crippen LogP contribution in [0, 0.1) is 0 Å². The largest absolute Gasteiger partial charge is 0.488 e. The Labute approximate surface area is 198 Å². The summed E-state index contributed by atoms with van der Waals surface area (Å²) in [5.41, 5.74) is -2.33. The van der Waals surface area contributed by atoms with Crippen LogP contribution in [0.15, 0.2) is 27.5 Å². The highest BCUT2D eigenvalue weighted by molar-refractivity contribution is 8.01. The summed E-state index contributed by atoms with van der Waals surface area (Å²) in [5.74, 6) is -3.13. The zero-order valence-electron chi connectivity index (χ0n) is 17.6. The number of aromatic hydroxyl groups is 1. The van der Waals surface area contributed by atoms with Crippen LogP contribution < -0.4 is 10.9 Å². The van der Waals surface area contributed by atoms with Crippen molar-refractivity contribution in [2.45, 2.75) is 22.8 Å². The summed E-state index contributed by atoms with van der Waals surface area (Å²) >= 11 is 2.24. The van der Waals surface area contributed by atoms with Crippen molar-refractivity contribution in [1.29, 1.82) is 0 Å². The third kappa shape index (κ3) is 3.88. The van der Waals surface area contributed by atoms with Gasteiger partial charge in [-0.05, 0) is 16.0 Å². The van der Waals surface area contributed by atoms with Gasteiger partial charge in [0, 0.05) is 25.7 Å². The standard InChI is InChI=1S/C16H17N9O7S2/c1-23-11(28)10(27)19-20-15(23)34-5-7-4-33-14-16(32-2,13(31)25(14)9(7)12(29)30)18-8(26)3-24-6-17-21-22-24/h6,14H,3-5H2,1-2H3,(H,18,26)(H,19,27)(H,29,30)/t14-,16?/m1/s1. The summed E-state index contributed by atoms with van der Waals surface area (Å²) < 4.78 is 7.61. The number of rotatable bonds is 8. The maximum atomic E-state index is 13.1. The number of methoxy groups -OCH3 is 1. The van der Waals surface area contributed by atoms with Crippen LogP contribution in [0.5, 0.6) is 5.88 Å². The topological polar surface area (TPSA) is 208 Å². The van der Waals surface area contributed by atoms with Crippen LogP contribution in [0.4, 0.5) is 0 Å². The predicted molar refractivity (Wildman–Crippen MR) is 113 cm³/mol. The number of nitrogens with one attached hydrogen (secondary N) is 1. The van der Waals surface area contributed by atoms with Gasteiger partial charge in [0.25, 0.3) is 17.5 Å². The summed E-state index contributed by atoms with van der Waals surface area (Å²) in [4.78, 5) is 50.5. The van der Waals surface area contributed by atoms with Crippen molar-refractivity contribution in [1.82, 2.24) is 45.2 Å². The Morgan fingerprint density at radius 3 is 2.79 bits per heavy atom. The van der Waals surface area contributed by atoms with E-state index in [0.717, 1.165) is 25.9 Å². The van der Waals surface area contributed by atoms with E-state index in [9.17, 15) is 29.4 Å². The lowest BCUT2D eigenvalue weighted by atomic mass is 9.98. The van der Waals surface area contributed by atoms with Gasteiger partial charge < -0.3 is 20.3 Å². The normalized spacial score (nSPS) is 21.8. The molecule has 0 saturated carbocycles. The molecule has 2 aliphatic heterocycles. The molecule has 1 saturated heterocycles. The van der Waals surface area contributed by atoms with Gasteiger partial charge in [-0.3, -0.25) is 23.9 Å². The van der Waals surface area contributed by atoms with Gasteiger partial charge in [0.15, 0.2) is 5.16 Å². The summed E-state index contributed by atoms with van der Waals surface area (Å²) in [6, 6.07) is 0. The Kier molecular flexibility index (Phi) is 6.28. The third-order valence-corrected chi connectivity index (χ3v) is 7.53. The second kappa shape index (κ2) is 9.03. The van der Waals surface area contributed by atoms with E-state index in [2.05, 4.69) is 31.0 Å². The van der Waals surface area contributed by atoms with Crippen LogP contribution in [-0.4, -0.2) is 97.6 Å². The molecule has 2 aliphatic rings. The monoisotopic (exact) mass is 511 g/mol. The van der Waals surface area contributed by atoms with Crippen molar-refractivity contribution in [3.63, 3.8) is 0 Å². The van der Waals surface area contributed by atoms with Gasteiger partial charge in [-0.25, -0.2) is 9.48 Å². The van der Waals surface area contributed by atoms with Crippen molar-refractivity contribution >= 4 is 41.3 Å². The Morgan fingerprint density at radius 1 is 1.38 bits per heavy atom. The average Bonchev–Trinajstić information content (AvgIpc) is 3.32. The fourth-order valence-electron chi connectivity index (χ4n) is 3.42. The van der Waals surface area contributed by atoms with Crippen LogP contribution in [0.1, 0.15) is 0 Å². The average molecular weight is 512 g/mol. The smallest absolute Gasteiger partial charge is 0.352 e. The van der Waals surface area contributed by atoms with Crippen molar-refractivity contribution in [2.24, 2.45) is 7.05 Å². The van der Waals surface area contributed by atoms with E-state index < -0.39 is 40.3 Å². The third-order valence-electron chi connectivity index (χ3n) is 5.05. The number of carbonyl (C=O) groups excluding carboxylic acids is 2. The van der Waals surface area contributed by atoms with Gasteiger partial charge in [-0.15, -0.1) is 27.1 Å². The van der Waals surface area contributed by atoms with Crippen LogP contribution in [0.2, 0.25) is 0 Å². The molecule has 0 spiro atoms. The number of β-lactam (4-membered cyclic amide) rings is 1. The lowest BCUT2D eigenvalue weighted by Gasteiger charge is -2.55. The fourth-order valence-corrected chi connectivity index (χ4v) is 5.90. The van der Waals surface area contributed by atoms with Crippen molar-refractivity contribution in [3.8, 4) is 5.88 Å². The van der Waals surface area contributed by atoms with Gasteiger partial charge in [-0.2, -0.15) is 0 Å². The first-order valence-corrected chi connectivity index (χ1v) is 11.5. The summed E-state index contributed by atoms with van der Waals surface area (Å²) in [7, 11) is 2.63. The second-order valence-electron chi connectivity index (χ2n) is 7.05. The first-order valence-electron chi connectivity index (χ1n) is 9.42. The molecule has 0 aliphatic carbocycles. The van der Waals surface area contributed by atoms with E-state index in [1.807, 2.05) is 0 Å². The molecule has 3 N–H and O–H groups in total. The molecular weight excluding hydrogens is 494 g/mol. The number of aromatic nitrogens is 7. The quantitative estimate of drug-likeness (QED) is 0.188. The molecule has 4 heterocycles. The lowest BCUT2D eigenvalue weighted by molar-refractivity contribution is -0.192. The predicted octanol–water partition coefficient (Wildman–Crippen LogP) is -2.63. The Bertz CT molecular complexity index is 1250. The number of hydrogen-bond acceptors (Lipinski definition) is 13. The first kappa shape index (κ1) is 23.6. The minimum atomic E-state index is -1.75. The highest BCUT2D eigenvalue weighted by atomic mass is 32.2. The van der Waals surface area contributed by atoms with Gasteiger partial charge in [0.05, 0.1) is 0 Å². The minimum absolute atomic E-state index is 0.0868.